The van der Waals surface area contributed by atoms with Crippen LogP contribution in [0, 0.1) is 12.7 Å². The molecule has 0 aliphatic heterocycles. The number of aryl methyl sites for hydroxylation is 1. The van der Waals surface area contributed by atoms with Gasteiger partial charge in [0.05, 0.1) is 16.6 Å². The highest BCUT2D eigenvalue weighted by atomic mass is 19.1. The van der Waals surface area contributed by atoms with Crippen molar-refractivity contribution in [3.05, 3.63) is 53.6 Å². The van der Waals surface area contributed by atoms with E-state index in [-0.39, 0.29) is 5.82 Å². The maximum atomic E-state index is 13.1. The van der Waals surface area contributed by atoms with Gasteiger partial charge in [-0.3, -0.25) is 5.10 Å². The summed E-state index contributed by atoms with van der Waals surface area (Å²) in [6.45, 7) is 2.64. The van der Waals surface area contributed by atoms with Crippen LogP contribution in [0.4, 0.5) is 10.2 Å². The second kappa shape index (κ2) is 5.28. The third kappa shape index (κ3) is 2.47. The molecule has 0 aliphatic carbocycles. The Morgan fingerprint density at radius 3 is 3.05 bits per heavy atom. The predicted molar refractivity (Wildman–Crippen MR) is 77.2 cm³/mol. The van der Waals surface area contributed by atoms with Gasteiger partial charge in [0.15, 0.2) is 0 Å². The average molecular weight is 270 g/mol. The maximum Gasteiger partial charge on any atom is 0.137 e. The SMILES string of the molecule is Cc1n[nH]c2ccnc(NCCc3cccc(F)c3)c12. The van der Waals surface area contributed by atoms with E-state index in [2.05, 4.69) is 20.5 Å². The standard InChI is InChI=1S/C15H15FN4/c1-10-14-13(20-19-10)6-8-18-15(14)17-7-5-11-3-2-4-12(16)9-11/h2-4,6,8-9H,5,7H2,1H3,(H,17,18)(H,19,20). The van der Waals surface area contributed by atoms with Gasteiger partial charge in [0.25, 0.3) is 0 Å². The van der Waals surface area contributed by atoms with Crippen molar-refractivity contribution in [1.82, 2.24) is 15.2 Å². The minimum Gasteiger partial charge on any atom is -0.369 e. The second-order valence-corrected chi connectivity index (χ2v) is 4.70. The fourth-order valence-corrected chi connectivity index (χ4v) is 2.27. The second-order valence-electron chi connectivity index (χ2n) is 4.70. The van der Waals surface area contributed by atoms with Gasteiger partial charge >= 0.3 is 0 Å². The first-order valence-corrected chi connectivity index (χ1v) is 6.52. The number of aromatic amines is 1. The highest BCUT2D eigenvalue weighted by molar-refractivity contribution is 5.91. The first kappa shape index (κ1) is 12.6. The summed E-state index contributed by atoms with van der Waals surface area (Å²) in [5.41, 5.74) is 2.85. The minimum atomic E-state index is -0.201. The molecular weight excluding hydrogens is 255 g/mol. The lowest BCUT2D eigenvalue weighted by molar-refractivity contribution is 0.625. The molecule has 2 heterocycles. The molecule has 3 aromatic rings. The van der Waals surface area contributed by atoms with E-state index in [0.717, 1.165) is 34.4 Å². The molecule has 1 aromatic carbocycles. The number of nitrogens with zero attached hydrogens (tertiary/aromatic N) is 2. The smallest absolute Gasteiger partial charge is 0.137 e. The molecule has 0 radical (unpaired) electrons. The molecule has 5 heteroatoms. The van der Waals surface area contributed by atoms with E-state index >= 15 is 0 Å². The van der Waals surface area contributed by atoms with E-state index in [4.69, 9.17) is 0 Å². The van der Waals surface area contributed by atoms with Gasteiger partial charge in [0.1, 0.15) is 11.6 Å². The van der Waals surface area contributed by atoms with Crippen molar-refractivity contribution in [3.63, 3.8) is 0 Å². The van der Waals surface area contributed by atoms with Crippen LogP contribution in [0.3, 0.4) is 0 Å². The predicted octanol–water partition coefficient (Wildman–Crippen LogP) is 3.06. The Morgan fingerprint density at radius 1 is 1.30 bits per heavy atom. The van der Waals surface area contributed by atoms with Crippen LogP contribution in [-0.2, 0) is 6.42 Å². The number of anilines is 1. The van der Waals surface area contributed by atoms with Crippen molar-refractivity contribution in [3.8, 4) is 0 Å². The van der Waals surface area contributed by atoms with E-state index < -0.39 is 0 Å². The average Bonchev–Trinajstić information content (AvgIpc) is 2.82. The summed E-state index contributed by atoms with van der Waals surface area (Å²) in [5, 5.41) is 11.4. The van der Waals surface area contributed by atoms with Crippen molar-refractivity contribution < 1.29 is 4.39 Å². The molecule has 20 heavy (non-hydrogen) atoms. The number of pyridine rings is 1. The topological polar surface area (TPSA) is 53.6 Å². The zero-order chi connectivity index (χ0) is 13.9. The number of nitrogens with one attached hydrogen (secondary N) is 2. The van der Waals surface area contributed by atoms with Crippen molar-refractivity contribution in [1.29, 1.82) is 0 Å². The Labute approximate surface area is 116 Å². The summed E-state index contributed by atoms with van der Waals surface area (Å²) in [7, 11) is 0. The fourth-order valence-electron chi connectivity index (χ4n) is 2.27. The highest BCUT2D eigenvalue weighted by Crippen LogP contribution is 2.22. The zero-order valence-corrected chi connectivity index (χ0v) is 11.2. The molecule has 0 atom stereocenters. The molecule has 2 N–H and O–H groups in total. The van der Waals surface area contributed by atoms with E-state index in [1.807, 2.05) is 19.1 Å². The van der Waals surface area contributed by atoms with E-state index in [1.54, 1.807) is 18.3 Å². The molecule has 0 bridgehead atoms. The van der Waals surface area contributed by atoms with Gasteiger partial charge in [-0.2, -0.15) is 5.10 Å². The summed E-state index contributed by atoms with van der Waals surface area (Å²) in [5.74, 6) is 0.610. The normalized spacial score (nSPS) is 10.9. The third-order valence-corrected chi connectivity index (χ3v) is 3.25. The summed E-state index contributed by atoms with van der Waals surface area (Å²) in [6, 6.07) is 8.55. The van der Waals surface area contributed by atoms with Crippen LogP contribution in [0.5, 0.6) is 0 Å². The molecule has 3 rings (SSSR count). The van der Waals surface area contributed by atoms with Crippen LogP contribution < -0.4 is 5.32 Å². The lowest BCUT2D eigenvalue weighted by Gasteiger charge is -2.07. The fraction of sp³-hybridized carbons (Fsp3) is 0.200. The van der Waals surface area contributed by atoms with Gasteiger partial charge in [-0.15, -0.1) is 0 Å². The number of rotatable bonds is 4. The first-order chi connectivity index (χ1) is 9.74. The largest absolute Gasteiger partial charge is 0.369 e. The van der Waals surface area contributed by atoms with E-state index in [1.165, 1.54) is 6.07 Å². The van der Waals surface area contributed by atoms with E-state index in [0.29, 0.717) is 6.54 Å². The first-order valence-electron chi connectivity index (χ1n) is 6.52. The number of halogens is 1. The molecule has 4 nitrogen and oxygen atoms in total. The van der Waals surface area contributed by atoms with Gasteiger partial charge in [-0.1, -0.05) is 12.1 Å². The Hall–Kier alpha value is -2.43. The number of fused-ring (bicyclic) bond motifs is 1. The molecule has 0 fully saturated rings. The van der Waals surface area contributed by atoms with Crippen LogP contribution in [0.2, 0.25) is 0 Å². The van der Waals surface area contributed by atoms with Crippen molar-refractivity contribution in [2.75, 3.05) is 11.9 Å². The maximum absolute atomic E-state index is 13.1. The Balaban J connectivity index is 1.73. The third-order valence-electron chi connectivity index (χ3n) is 3.25. The number of H-pyrrole nitrogens is 1. The molecule has 0 amide bonds. The van der Waals surface area contributed by atoms with Crippen molar-refractivity contribution >= 4 is 16.7 Å². The zero-order valence-electron chi connectivity index (χ0n) is 11.2. The molecule has 2 aromatic heterocycles. The van der Waals surface area contributed by atoms with Gasteiger partial charge in [0.2, 0.25) is 0 Å². The molecule has 0 unspecified atom stereocenters. The van der Waals surface area contributed by atoms with Gasteiger partial charge in [0, 0.05) is 12.7 Å². The van der Waals surface area contributed by atoms with Crippen LogP contribution in [0.15, 0.2) is 36.5 Å². The number of benzene rings is 1. The van der Waals surface area contributed by atoms with Gasteiger partial charge in [-0.05, 0) is 37.1 Å². The van der Waals surface area contributed by atoms with Crippen molar-refractivity contribution in [2.24, 2.45) is 0 Å². The van der Waals surface area contributed by atoms with Gasteiger partial charge < -0.3 is 5.32 Å². The van der Waals surface area contributed by atoms with Crippen molar-refractivity contribution in [2.45, 2.75) is 13.3 Å². The van der Waals surface area contributed by atoms with Crippen LogP contribution >= 0.6 is 0 Å². The summed E-state index contributed by atoms with van der Waals surface area (Å²) >= 11 is 0. The Bertz CT molecular complexity index is 736. The quantitative estimate of drug-likeness (QED) is 0.766. The lowest BCUT2D eigenvalue weighted by Crippen LogP contribution is -2.06. The number of hydrogen-bond donors (Lipinski definition) is 2. The highest BCUT2D eigenvalue weighted by Gasteiger charge is 2.07. The Morgan fingerprint density at radius 2 is 2.20 bits per heavy atom. The van der Waals surface area contributed by atoms with Crippen LogP contribution in [0.1, 0.15) is 11.3 Å². The van der Waals surface area contributed by atoms with Crippen LogP contribution in [0.25, 0.3) is 10.9 Å². The molecule has 0 saturated heterocycles. The number of hydrogen-bond acceptors (Lipinski definition) is 3. The van der Waals surface area contributed by atoms with Crippen LogP contribution in [-0.4, -0.2) is 21.7 Å². The van der Waals surface area contributed by atoms with Gasteiger partial charge in [-0.25, -0.2) is 9.37 Å². The summed E-state index contributed by atoms with van der Waals surface area (Å²) in [4.78, 5) is 4.34. The molecule has 0 aliphatic rings. The Kier molecular flexibility index (Phi) is 3.33. The molecule has 0 saturated carbocycles. The summed E-state index contributed by atoms with van der Waals surface area (Å²) in [6.07, 6.45) is 2.48. The molecular formula is C15H15FN4. The summed E-state index contributed by atoms with van der Waals surface area (Å²) < 4.78 is 13.1. The monoisotopic (exact) mass is 270 g/mol. The molecule has 0 spiro atoms. The van der Waals surface area contributed by atoms with E-state index in [9.17, 15) is 4.39 Å². The lowest BCUT2D eigenvalue weighted by atomic mass is 10.1. The minimum absolute atomic E-state index is 0.201. The molecule has 102 valence electrons. The number of aromatic nitrogens is 3.